The van der Waals surface area contributed by atoms with Crippen LogP contribution < -0.4 is 0 Å². The number of aromatic nitrogens is 4. The van der Waals surface area contributed by atoms with E-state index in [1.165, 1.54) is 6.92 Å². The van der Waals surface area contributed by atoms with E-state index in [4.69, 9.17) is 0 Å². The lowest BCUT2D eigenvalue weighted by molar-refractivity contribution is -0.138. The summed E-state index contributed by atoms with van der Waals surface area (Å²) < 4.78 is 103. The number of rotatable bonds is 4. The van der Waals surface area contributed by atoms with Crippen molar-refractivity contribution in [2.75, 3.05) is 5.75 Å². The molecule has 0 aliphatic heterocycles. The van der Waals surface area contributed by atoms with Gasteiger partial charge in [0.25, 0.3) is 0 Å². The van der Waals surface area contributed by atoms with Gasteiger partial charge in [0.2, 0.25) is 0 Å². The molecule has 2 aromatic heterocycles. The lowest BCUT2D eigenvalue weighted by Gasteiger charge is -2.11. The topological polar surface area (TPSA) is 77.7 Å². The van der Waals surface area contributed by atoms with Gasteiger partial charge < -0.3 is 0 Å². The SMILES string of the molecule is CCS(=O)(=O)c1cc(C(F)(F)F)cnc1-c1cn(-c2ccc(C(F)(F)F)cc2)nn1. The fourth-order valence-electron chi connectivity index (χ4n) is 2.49. The van der Waals surface area contributed by atoms with Crippen LogP contribution in [0.2, 0.25) is 0 Å². The Kier molecular flexibility index (Phi) is 5.35. The van der Waals surface area contributed by atoms with Crippen LogP contribution in [-0.2, 0) is 22.2 Å². The van der Waals surface area contributed by atoms with Crippen molar-refractivity contribution in [3.05, 3.63) is 53.9 Å². The molecule has 2 heterocycles. The Morgan fingerprint density at radius 3 is 2.10 bits per heavy atom. The van der Waals surface area contributed by atoms with Crippen LogP contribution in [0.4, 0.5) is 26.3 Å². The fraction of sp³-hybridized carbons (Fsp3) is 0.235. The first-order valence-corrected chi connectivity index (χ1v) is 9.88. The number of pyridine rings is 1. The minimum absolute atomic E-state index is 0.157. The van der Waals surface area contributed by atoms with Gasteiger partial charge in [-0.15, -0.1) is 5.10 Å². The summed E-state index contributed by atoms with van der Waals surface area (Å²) in [7, 11) is -4.10. The van der Waals surface area contributed by atoms with Crippen molar-refractivity contribution in [3.63, 3.8) is 0 Å². The van der Waals surface area contributed by atoms with Gasteiger partial charge in [-0.2, -0.15) is 26.3 Å². The highest BCUT2D eigenvalue weighted by atomic mass is 32.2. The maximum Gasteiger partial charge on any atom is 0.417 e. The second kappa shape index (κ2) is 7.38. The van der Waals surface area contributed by atoms with Gasteiger partial charge in [-0.25, -0.2) is 13.1 Å². The van der Waals surface area contributed by atoms with E-state index in [1.807, 2.05) is 0 Å². The molecule has 13 heteroatoms. The molecule has 0 aliphatic carbocycles. The maximum absolute atomic E-state index is 13.0. The number of benzene rings is 1. The third-order valence-corrected chi connectivity index (χ3v) is 5.83. The largest absolute Gasteiger partial charge is 0.417 e. The summed E-state index contributed by atoms with van der Waals surface area (Å²) in [4.78, 5) is 2.95. The Balaban J connectivity index is 2.06. The van der Waals surface area contributed by atoms with E-state index < -0.39 is 44.0 Å². The average Bonchev–Trinajstić information content (AvgIpc) is 3.16. The van der Waals surface area contributed by atoms with Gasteiger partial charge in [0.1, 0.15) is 11.4 Å². The molecule has 160 valence electrons. The van der Waals surface area contributed by atoms with Crippen LogP contribution in [0.1, 0.15) is 18.1 Å². The number of hydrogen-bond acceptors (Lipinski definition) is 5. The average molecular weight is 450 g/mol. The van der Waals surface area contributed by atoms with Crippen molar-refractivity contribution < 1.29 is 34.8 Å². The highest BCUT2D eigenvalue weighted by molar-refractivity contribution is 7.91. The van der Waals surface area contributed by atoms with Crippen LogP contribution in [0.3, 0.4) is 0 Å². The zero-order chi connectivity index (χ0) is 22.3. The Morgan fingerprint density at radius 2 is 1.57 bits per heavy atom. The summed E-state index contributed by atoms with van der Waals surface area (Å²) >= 11 is 0. The summed E-state index contributed by atoms with van der Waals surface area (Å²) in [5.41, 5.74) is -2.45. The minimum atomic E-state index is -4.80. The van der Waals surface area contributed by atoms with Crippen molar-refractivity contribution in [3.8, 4) is 17.1 Å². The van der Waals surface area contributed by atoms with Crippen molar-refractivity contribution in [1.82, 2.24) is 20.0 Å². The van der Waals surface area contributed by atoms with E-state index in [0.29, 0.717) is 12.3 Å². The number of halogens is 6. The number of nitrogens with zero attached hydrogens (tertiary/aromatic N) is 4. The molecule has 0 unspecified atom stereocenters. The molecular weight excluding hydrogens is 438 g/mol. The normalized spacial score (nSPS) is 12.9. The Labute approximate surface area is 166 Å². The van der Waals surface area contributed by atoms with Crippen molar-refractivity contribution in [2.24, 2.45) is 0 Å². The molecule has 3 aromatic rings. The summed E-state index contributed by atoms with van der Waals surface area (Å²) in [6.07, 6.45) is -7.70. The van der Waals surface area contributed by atoms with E-state index in [9.17, 15) is 34.8 Å². The molecule has 0 fully saturated rings. The molecule has 0 bridgehead atoms. The molecule has 30 heavy (non-hydrogen) atoms. The summed E-state index contributed by atoms with van der Waals surface area (Å²) in [6.45, 7) is 1.26. The van der Waals surface area contributed by atoms with Gasteiger partial charge >= 0.3 is 12.4 Å². The lowest BCUT2D eigenvalue weighted by atomic mass is 10.2. The van der Waals surface area contributed by atoms with Gasteiger partial charge in [0.15, 0.2) is 9.84 Å². The lowest BCUT2D eigenvalue weighted by Crippen LogP contribution is -2.12. The molecule has 0 saturated carbocycles. The van der Waals surface area contributed by atoms with Gasteiger partial charge in [0, 0.05) is 6.20 Å². The van der Waals surface area contributed by atoms with Gasteiger partial charge in [0.05, 0.1) is 33.7 Å². The van der Waals surface area contributed by atoms with E-state index in [1.54, 1.807) is 0 Å². The molecular formula is C17H12F6N4O2S. The summed E-state index contributed by atoms with van der Waals surface area (Å²) in [5.74, 6) is -0.476. The number of alkyl halides is 6. The van der Waals surface area contributed by atoms with Crippen LogP contribution in [0, 0.1) is 0 Å². The van der Waals surface area contributed by atoms with Gasteiger partial charge in [-0.1, -0.05) is 12.1 Å². The Morgan fingerprint density at radius 1 is 0.967 bits per heavy atom. The predicted molar refractivity (Wildman–Crippen MR) is 92.3 cm³/mol. The van der Waals surface area contributed by atoms with E-state index in [0.717, 1.165) is 35.1 Å². The van der Waals surface area contributed by atoms with Crippen molar-refractivity contribution in [1.29, 1.82) is 0 Å². The molecule has 0 atom stereocenters. The third-order valence-electron chi connectivity index (χ3n) is 4.09. The highest BCUT2D eigenvalue weighted by Gasteiger charge is 2.34. The molecule has 3 rings (SSSR count). The van der Waals surface area contributed by atoms with Crippen LogP contribution in [0.5, 0.6) is 0 Å². The monoisotopic (exact) mass is 450 g/mol. The minimum Gasteiger partial charge on any atom is -0.252 e. The van der Waals surface area contributed by atoms with E-state index in [2.05, 4.69) is 15.3 Å². The molecule has 0 spiro atoms. The molecule has 0 N–H and O–H groups in total. The highest BCUT2D eigenvalue weighted by Crippen LogP contribution is 2.34. The first-order valence-electron chi connectivity index (χ1n) is 8.23. The smallest absolute Gasteiger partial charge is 0.252 e. The molecule has 0 aliphatic rings. The van der Waals surface area contributed by atoms with E-state index >= 15 is 0 Å². The first-order chi connectivity index (χ1) is 13.8. The molecule has 0 radical (unpaired) electrons. The van der Waals surface area contributed by atoms with Gasteiger partial charge in [-0.3, -0.25) is 4.98 Å². The van der Waals surface area contributed by atoms with Crippen LogP contribution in [0.25, 0.3) is 17.1 Å². The van der Waals surface area contributed by atoms with Gasteiger partial charge in [-0.05, 0) is 30.3 Å². The maximum atomic E-state index is 13.0. The quantitative estimate of drug-likeness (QED) is 0.558. The molecule has 0 saturated heterocycles. The third kappa shape index (κ3) is 4.30. The van der Waals surface area contributed by atoms with Crippen molar-refractivity contribution >= 4 is 9.84 Å². The summed E-state index contributed by atoms with van der Waals surface area (Å²) in [6, 6.07) is 4.34. The summed E-state index contributed by atoms with van der Waals surface area (Å²) in [5, 5.41) is 7.42. The first kappa shape index (κ1) is 21.7. The Hall–Kier alpha value is -2.96. The number of hydrogen-bond donors (Lipinski definition) is 0. The van der Waals surface area contributed by atoms with E-state index in [-0.39, 0.29) is 17.1 Å². The molecule has 1 aromatic carbocycles. The van der Waals surface area contributed by atoms with Crippen molar-refractivity contribution in [2.45, 2.75) is 24.2 Å². The molecule has 0 amide bonds. The van der Waals surface area contributed by atoms with Crippen LogP contribution in [0.15, 0.2) is 47.6 Å². The second-order valence-electron chi connectivity index (χ2n) is 6.06. The zero-order valence-electron chi connectivity index (χ0n) is 15.0. The second-order valence-corrected chi connectivity index (χ2v) is 8.31. The zero-order valence-corrected chi connectivity index (χ0v) is 15.8. The number of sulfone groups is 1. The fourth-order valence-corrected chi connectivity index (χ4v) is 3.56. The Bertz CT molecular complexity index is 1170. The molecule has 6 nitrogen and oxygen atoms in total. The van der Waals surface area contributed by atoms with Crippen LogP contribution in [-0.4, -0.2) is 34.1 Å². The predicted octanol–water partition coefficient (Wildman–Crippen LogP) is 4.16. The van der Waals surface area contributed by atoms with Crippen LogP contribution >= 0.6 is 0 Å². The standard InChI is InChI=1S/C17H12F6N4O2S/c1-2-30(28,29)14-7-11(17(21,22)23)8-24-15(14)13-9-27(26-25-13)12-5-3-10(4-6-12)16(18,19)20/h3-9H,2H2,1H3.